The molecule has 2 rings (SSSR count). The summed E-state index contributed by atoms with van der Waals surface area (Å²) in [6.07, 6.45) is 3.62. The van der Waals surface area contributed by atoms with Gasteiger partial charge in [0.25, 0.3) is 0 Å². The average molecular weight is 269 g/mol. The van der Waals surface area contributed by atoms with Crippen molar-refractivity contribution in [3.63, 3.8) is 0 Å². The molecule has 2 aromatic rings. The maximum Gasteiger partial charge on any atom is 0.131 e. The molecular weight excluding hydrogens is 246 g/mol. The van der Waals surface area contributed by atoms with E-state index in [2.05, 4.69) is 42.6 Å². The van der Waals surface area contributed by atoms with E-state index < -0.39 is 0 Å². The van der Waals surface area contributed by atoms with Crippen LogP contribution in [-0.2, 0) is 13.0 Å². The van der Waals surface area contributed by atoms with Crippen LogP contribution in [0.15, 0.2) is 48.5 Å². The molecular formula is C18H23NO. The summed E-state index contributed by atoms with van der Waals surface area (Å²) in [6, 6.07) is 16.6. The molecule has 0 saturated carbocycles. The van der Waals surface area contributed by atoms with Crippen LogP contribution in [0.4, 0.5) is 0 Å². The van der Waals surface area contributed by atoms with Crippen LogP contribution in [0.25, 0.3) is 0 Å². The van der Waals surface area contributed by atoms with Crippen molar-refractivity contribution >= 4 is 0 Å². The van der Waals surface area contributed by atoms with E-state index in [0.717, 1.165) is 24.5 Å². The van der Waals surface area contributed by atoms with Crippen LogP contribution in [-0.4, -0.2) is 7.05 Å². The third-order valence-electron chi connectivity index (χ3n) is 3.31. The largest absolute Gasteiger partial charge is 0.457 e. The maximum absolute atomic E-state index is 5.98. The van der Waals surface area contributed by atoms with Crippen molar-refractivity contribution in [3.8, 4) is 11.5 Å². The number of ether oxygens (including phenoxy) is 1. The van der Waals surface area contributed by atoms with E-state index in [4.69, 9.17) is 4.74 Å². The highest BCUT2D eigenvalue weighted by Crippen LogP contribution is 2.25. The zero-order valence-corrected chi connectivity index (χ0v) is 12.4. The molecule has 0 aliphatic rings. The molecule has 2 nitrogen and oxygen atoms in total. The predicted octanol–water partition coefficient (Wildman–Crippen LogP) is 4.54. The monoisotopic (exact) mass is 269 g/mol. The summed E-state index contributed by atoms with van der Waals surface area (Å²) in [5.41, 5.74) is 2.55. The molecule has 0 aromatic heterocycles. The third-order valence-corrected chi connectivity index (χ3v) is 3.31. The number of hydrogen-bond acceptors (Lipinski definition) is 2. The van der Waals surface area contributed by atoms with E-state index in [0.29, 0.717) is 0 Å². The van der Waals surface area contributed by atoms with Gasteiger partial charge in [-0.15, -0.1) is 0 Å². The minimum Gasteiger partial charge on any atom is -0.457 e. The van der Waals surface area contributed by atoms with Gasteiger partial charge in [-0.05, 0) is 43.7 Å². The van der Waals surface area contributed by atoms with E-state index >= 15 is 0 Å². The van der Waals surface area contributed by atoms with E-state index in [9.17, 15) is 0 Å². The minimum atomic E-state index is 0.810. The Hall–Kier alpha value is -1.80. The Morgan fingerprint density at radius 2 is 1.75 bits per heavy atom. The van der Waals surface area contributed by atoms with Crippen molar-refractivity contribution in [3.05, 3.63) is 59.7 Å². The van der Waals surface area contributed by atoms with E-state index in [-0.39, 0.29) is 0 Å². The molecule has 0 aliphatic heterocycles. The highest BCUT2D eigenvalue weighted by Gasteiger charge is 2.03. The van der Waals surface area contributed by atoms with Crippen molar-refractivity contribution in [2.45, 2.75) is 32.7 Å². The Balaban J connectivity index is 2.06. The van der Waals surface area contributed by atoms with Crippen LogP contribution in [0.2, 0.25) is 0 Å². The molecule has 0 radical (unpaired) electrons. The number of unbranched alkanes of at least 4 members (excludes halogenated alkanes) is 1. The molecule has 2 heteroatoms. The molecule has 0 bridgehead atoms. The first-order valence-electron chi connectivity index (χ1n) is 7.32. The number of para-hydroxylation sites is 1. The number of hydrogen-bond donors (Lipinski definition) is 1. The molecule has 0 unspecified atom stereocenters. The van der Waals surface area contributed by atoms with Gasteiger partial charge in [-0.1, -0.05) is 43.7 Å². The van der Waals surface area contributed by atoms with Crippen molar-refractivity contribution in [2.75, 3.05) is 7.05 Å². The number of aryl methyl sites for hydroxylation is 1. The lowest BCUT2D eigenvalue weighted by Crippen LogP contribution is -2.06. The molecule has 0 saturated heterocycles. The number of benzene rings is 2. The molecule has 0 spiro atoms. The van der Waals surface area contributed by atoms with Gasteiger partial charge in [0.1, 0.15) is 11.5 Å². The normalized spacial score (nSPS) is 10.5. The quantitative estimate of drug-likeness (QED) is 0.796. The first kappa shape index (κ1) is 14.6. The second-order valence-electron chi connectivity index (χ2n) is 4.99. The van der Waals surface area contributed by atoms with Gasteiger partial charge >= 0.3 is 0 Å². The summed E-state index contributed by atoms with van der Waals surface area (Å²) in [4.78, 5) is 0. The van der Waals surface area contributed by atoms with Crippen molar-refractivity contribution in [1.29, 1.82) is 0 Å². The lowest BCUT2D eigenvalue weighted by Gasteiger charge is -2.11. The van der Waals surface area contributed by atoms with Crippen molar-refractivity contribution in [1.82, 2.24) is 5.32 Å². The maximum atomic E-state index is 5.98. The zero-order chi connectivity index (χ0) is 14.2. The van der Waals surface area contributed by atoms with E-state index in [1.165, 1.54) is 24.0 Å². The van der Waals surface area contributed by atoms with Crippen LogP contribution >= 0.6 is 0 Å². The Morgan fingerprint density at radius 3 is 2.45 bits per heavy atom. The topological polar surface area (TPSA) is 21.3 Å². The summed E-state index contributed by atoms with van der Waals surface area (Å²) in [6.45, 7) is 3.03. The lowest BCUT2D eigenvalue weighted by atomic mass is 10.1. The number of rotatable bonds is 7. The highest BCUT2D eigenvalue weighted by atomic mass is 16.5. The molecule has 0 amide bonds. The van der Waals surface area contributed by atoms with Crippen LogP contribution in [0.3, 0.4) is 0 Å². The first-order valence-corrected chi connectivity index (χ1v) is 7.32. The van der Waals surface area contributed by atoms with Gasteiger partial charge < -0.3 is 10.1 Å². The second kappa shape index (κ2) is 7.71. The van der Waals surface area contributed by atoms with Crippen LogP contribution < -0.4 is 10.1 Å². The summed E-state index contributed by atoms with van der Waals surface area (Å²) in [5.74, 6) is 1.82. The molecule has 0 aliphatic carbocycles. The molecule has 2 aromatic carbocycles. The Kier molecular flexibility index (Phi) is 5.63. The minimum absolute atomic E-state index is 0.810. The van der Waals surface area contributed by atoms with Gasteiger partial charge in [0.15, 0.2) is 0 Å². The molecule has 0 heterocycles. The summed E-state index contributed by atoms with van der Waals surface area (Å²) in [7, 11) is 1.94. The Bertz CT molecular complexity index is 519. The molecule has 106 valence electrons. The fourth-order valence-corrected chi connectivity index (χ4v) is 2.17. The molecule has 0 fully saturated rings. The smallest absolute Gasteiger partial charge is 0.131 e. The van der Waals surface area contributed by atoms with Crippen molar-refractivity contribution < 1.29 is 4.74 Å². The number of nitrogens with one attached hydrogen (secondary N) is 1. The van der Waals surface area contributed by atoms with Crippen LogP contribution in [0, 0.1) is 0 Å². The average Bonchev–Trinajstić information content (AvgIpc) is 2.49. The summed E-state index contributed by atoms with van der Waals surface area (Å²) >= 11 is 0. The van der Waals surface area contributed by atoms with E-state index in [1.54, 1.807) is 0 Å². The Labute approximate surface area is 121 Å². The van der Waals surface area contributed by atoms with Crippen LogP contribution in [0.1, 0.15) is 30.9 Å². The van der Waals surface area contributed by atoms with Gasteiger partial charge in [0.2, 0.25) is 0 Å². The first-order chi connectivity index (χ1) is 9.83. The van der Waals surface area contributed by atoms with Gasteiger partial charge in [-0.25, -0.2) is 0 Å². The van der Waals surface area contributed by atoms with E-state index in [1.807, 2.05) is 25.2 Å². The van der Waals surface area contributed by atoms with Gasteiger partial charge in [-0.3, -0.25) is 0 Å². The van der Waals surface area contributed by atoms with Crippen LogP contribution in [0.5, 0.6) is 11.5 Å². The molecule has 1 N–H and O–H groups in total. The second-order valence-corrected chi connectivity index (χ2v) is 4.99. The van der Waals surface area contributed by atoms with Gasteiger partial charge in [0.05, 0.1) is 0 Å². The predicted molar refractivity (Wildman–Crippen MR) is 84.3 cm³/mol. The van der Waals surface area contributed by atoms with Gasteiger partial charge in [0, 0.05) is 12.1 Å². The fraction of sp³-hybridized carbons (Fsp3) is 0.333. The lowest BCUT2D eigenvalue weighted by molar-refractivity contribution is 0.474. The highest BCUT2D eigenvalue weighted by molar-refractivity contribution is 5.38. The summed E-state index contributed by atoms with van der Waals surface area (Å²) < 4.78 is 5.98. The van der Waals surface area contributed by atoms with Crippen molar-refractivity contribution in [2.24, 2.45) is 0 Å². The third kappa shape index (κ3) is 4.10. The van der Waals surface area contributed by atoms with Gasteiger partial charge in [-0.2, -0.15) is 0 Å². The fourth-order valence-electron chi connectivity index (χ4n) is 2.17. The Morgan fingerprint density at radius 1 is 1.00 bits per heavy atom. The summed E-state index contributed by atoms with van der Waals surface area (Å²) in [5, 5.41) is 3.16. The zero-order valence-electron chi connectivity index (χ0n) is 12.4. The SMILES string of the molecule is CCCCc1ccc(Oc2ccccc2CNC)cc1. The molecule has 20 heavy (non-hydrogen) atoms. The standard InChI is InChI=1S/C18H23NO/c1-3-4-7-15-10-12-17(13-11-15)20-18-9-6-5-8-16(18)14-19-2/h5-6,8-13,19H,3-4,7,14H2,1-2H3. The molecule has 0 atom stereocenters.